The molecule has 260 valence electrons. The van der Waals surface area contributed by atoms with Crippen molar-refractivity contribution in [2.45, 2.75) is 46.0 Å². The molecule has 0 aliphatic carbocycles. The minimum atomic E-state index is -2.21. The van der Waals surface area contributed by atoms with Gasteiger partial charge in [-0.05, 0) is 80.1 Å². The number of hydrogen-bond acceptors (Lipinski definition) is 0. The van der Waals surface area contributed by atoms with Crippen LogP contribution in [0.15, 0.2) is 97.1 Å². The van der Waals surface area contributed by atoms with Crippen molar-refractivity contribution in [1.29, 1.82) is 0 Å². The second-order valence-electron chi connectivity index (χ2n) is 13.8. The van der Waals surface area contributed by atoms with Crippen LogP contribution < -0.4 is 0 Å². The molecule has 0 nitrogen and oxygen atoms in total. The summed E-state index contributed by atoms with van der Waals surface area (Å²) in [6.07, 6.45) is 0. The Kier molecular flexibility index (Phi) is 9.40. The second kappa shape index (κ2) is 13.5. The lowest BCUT2D eigenvalue weighted by molar-refractivity contribution is 0.404. The van der Waals surface area contributed by atoms with Crippen LogP contribution in [0.25, 0.3) is 55.6 Å². The first-order valence-electron chi connectivity index (χ1n) is 16.2. The first kappa shape index (κ1) is 35.6. The minimum absolute atomic E-state index is 0.217. The molecule has 0 heterocycles. The van der Waals surface area contributed by atoms with Crippen molar-refractivity contribution in [3.8, 4) is 55.6 Å². The monoisotopic (exact) mass is 700 g/mol. The third kappa shape index (κ3) is 6.44. The summed E-state index contributed by atoms with van der Waals surface area (Å²) >= 11 is 0. The van der Waals surface area contributed by atoms with Gasteiger partial charge in [-0.1, -0.05) is 107 Å². The van der Waals surface area contributed by atoms with E-state index in [9.17, 15) is 0 Å². The first-order chi connectivity index (χ1) is 24.1. The highest BCUT2D eigenvalue weighted by Gasteiger charge is 2.37. The SMILES string of the molecule is CC(C)c1cc(-c2cc(-c3ccccc3)cc(-c3ccccc3)c2)cc(-c2c(F)c(F)c(-c3c(F)c(F)c(C(C)(C)C)c(F)c3F)c(F)c2F)c1. The third-order valence-corrected chi connectivity index (χ3v) is 8.92. The summed E-state index contributed by atoms with van der Waals surface area (Å²) in [6.45, 7) is 7.45. The zero-order valence-corrected chi connectivity index (χ0v) is 28.3. The van der Waals surface area contributed by atoms with Gasteiger partial charge in [-0.15, -0.1) is 0 Å². The van der Waals surface area contributed by atoms with Crippen molar-refractivity contribution in [1.82, 2.24) is 0 Å². The van der Waals surface area contributed by atoms with Gasteiger partial charge < -0.3 is 0 Å². The molecule has 6 rings (SSSR count). The highest BCUT2D eigenvalue weighted by atomic mass is 19.2. The molecule has 0 bridgehead atoms. The lowest BCUT2D eigenvalue weighted by Gasteiger charge is -2.23. The van der Waals surface area contributed by atoms with E-state index in [4.69, 9.17) is 0 Å². The quantitative estimate of drug-likeness (QED) is 0.120. The van der Waals surface area contributed by atoms with E-state index in [2.05, 4.69) is 0 Å². The molecule has 51 heavy (non-hydrogen) atoms. The van der Waals surface area contributed by atoms with Gasteiger partial charge >= 0.3 is 0 Å². The number of rotatable bonds is 6. The molecule has 0 radical (unpaired) electrons. The maximum absolute atomic E-state index is 16.0. The number of benzene rings is 6. The molecule has 0 N–H and O–H groups in total. The second-order valence-corrected chi connectivity index (χ2v) is 13.8. The lowest BCUT2D eigenvalue weighted by Crippen LogP contribution is -2.20. The molecular formula is C43H32F8. The van der Waals surface area contributed by atoms with Crippen LogP contribution in [-0.4, -0.2) is 0 Å². The molecule has 0 saturated carbocycles. The Morgan fingerprint density at radius 2 is 0.686 bits per heavy atom. The van der Waals surface area contributed by atoms with Crippen molar-refractivity contribution in [3.05, 3.63) is 155 Å². The van der Waals surface area contributed by atoms with Gasteiger partial charge in [-0.3, -0.25) is 0 Å². The average molecular weight is 701 g/mol. The normalized spacial score (nSPS) is 11.8. The van der Waals surface area contributed by atoms with Crippen LogP contribution in [-0.2, 0) is 5.41 Å². The summed E-state index contributed by atoms with van der Waals surface area (Å²) in [4.78, 5) is 0. The zero-order valence-electron chi connectivity index (χ0n) is 28.3. The summed E-state index contributed by atoms with van der Waals surface area (Å²) in [5.41, 5.74) is -2.55. The van der Waals surface area contributed by atoms with Gasteiger partial charge in [0, 0.05) is 5.56 Å². The van der Waals surface area contributed by atoms with Gasteiger partial charge in [-0.25, -0.2) is 35.1 Å². The maximum atomic E-state index is 16.0. The molecule has 0 spiro atoms. The molecule has 0 fully saturated rings. The smallest absolute Gasteiger partial charge is 0.170 e. The molecule has 0 atom stereocenters. The van der Waals surface area contributed by atoms with Crippen LogP contribution in [0.4, 0.5) is 35.1 Å². The fourth-order valence-electron chi connectivity index (χ4n) is 6.30. The zero-order chi connectivity index (χ0) is 36.9. The average Bonchev–Trinajstić information content (AvgIpc) is 3.11. The van der Waals surface area contributed by atoms with E-state index in [0.717, 1.165) is 22.3 Å². The Hall–Kier alpha value is -5.24. The standard InChI is InChI=1S/C43H32F8/c1-22(2)25-16-28(29-19-26(23-12-8-6-9-13-23)18-27(20-29)24-14-10-7-11-15-24)21-30(17-25)31-35(44)37(46)32(38(47)36(31)45)33-39(48)41(50)34(43(3,4)5)42(51)40(33)49/h6-22H,1-5H3. The largest absolute Gasteiger partial charge is 0.203 e. The molecule has 0 saturated heterocycles. The fourth-order valence-corrected chi connectivity index (χ4v) is 6.30. The van der Waals surface area contributed by atoms with E-state index in [1.807, 2.05) is 92.7 Å². The predicted molar refractivity (Wildman–Crippen MR) is 186 cm³/mol. The Morgan fingerprint density at radius 1 is 0.373 bits per heavy atom. The molecule has 6 aromatic carbocycles. The van der Waals surface area contributed by atoms with Crippen LogP contribution in [0.3, 0.4) is 0 Å². The van der Waals surface area contributed by atoms with E-state index in [1.165, 1.54) is 32.9 Å². The Labute approximate surface area is 291 Å². The van der Waals surface area contributed by atoms with Crippen molar-refractivity contribution in [2.24, 2.45) is 0 Å². The highest BCUT2D eigenvalue weighted by molar-refractivity contribution is 5.84. The van der Waals surface area contributed by atoms with E-state index in [1.54, 1.807) is 6.07 Å². The molecular weight excluding hydrogens is 668 g/mol. The predicted octanol–water partition coefficient (Wildman–Crippen LogP) is 13.6. The Balaban J connectivity index is 1.59. The molecule has 0 aliphatic heterocycles. The molecule has 0 amide bonds. The third-order valence-electron chi connectivity index (χ3n) is 8.92. The van der Waals surface area contributed by atoms with Gasteiger partial charge in [-0.2, -0.15) is 0 Å². The first-order valence-corrected chi connectivity index (χ1v) is 16.2. The topological polar surface area (TPSA) is 0 Å². The fraction of sp³-hybridized carbons (Fsp3) is 0.163. The van der Waals surface area contributed by atoms with Crippen molar-refractivity contribution >= 4 is 0 Å². The highest BCUT2D eigenvalue weighted by Crippen LogP contribution is 2.44. The minimum Gasteiger partial charge on any atom is -0.203 e. The van der Waals surface area contributed by atoms with Crippen LogP contribution in [0.2, 0.25) is 0 Å². The maximum Gasteiger partial charge on any atom is 0.170 e. The number of halogens is 8. The van der Waals surface area contributed by atoms with E-state index >= 15 is 35.1 Å². The van der Waals surface area contributed by atoms with Crippen LogP contribution in [0.5, 0.6) is 0 Å². The Morgan fingerprint density at radius 3 is 1.08 bits per heavy atom. The van der Waals surface area contributed by atoms with Gasteiger partial charge in [0.2, 0.25) is 0 Å². The van der Waals surface area contributed by atoms with Crippen LogP contribution in [0, 0.1) is 46.5 Å². The van der Waals surface area contributed by atoms with Crippen LogP contribution >= 0.6 is 0 Å². The summed E-state index contributed by atoms with van der Waals surface area (Å²) in [5.74, 6) is -16.8. The summed E-state index contributed by atoms with van der Waals surface area (Å²) < 4.78 is 124. The van der Waals surface area contributed by atoms with Gasteiger partial charge in [0.25, 0.3) is 0 Å². The molecule has 0 aromatic heterocycles. The molecule has 0 aliphatic rings. The van der Waals surface area contributed by atoms with Crippen LogP contribution in [0.1, 0.15) is 51.7 Å². The summed E-state index contributed by atoms with van der Waals surface area (Å²) in [6, 6.07) is 29.4. The molecule has 6 aromatic rings. The summed E-state index contributed by atoms with van der Waals surface area (Å²) in [5, 5.41) is 0. The van der Waals surface area contributed by atoms with Gasteiger partial charge in [0.1, 0.15) is 0 Å². The van der Waals surface area contributed by atoms with E-state index in [-0.39, 0.29) is 11.5 Å². The van der Waals surface area contributed by atoms with Crippen molar-refractivity contribution in [2.75, 3.05) is 0 Å². The van der Waals surface area contributed by atoms with Crippen molar-refractivity contribution in [3.63, 3.8) is 0 Å². The number of hydrogen-bond donors (Lipinski definition) is 0. The van der Waals surface area contributed by atoms with E-state index < -0.39 is 74.2 Å². The van der Waals surface area contributed by atoms with Crippen molar-refractivity contribution < 1.29 is 35.1 Å². The van der Waals surface area contributed by atoms with Gasteiger partial charge in [0.15, 0.2) is 46.5 Å². The Bertz CT molecular complexity index is 2170. The van der Waals surface area contributed by atoms with E-state index in [0.29, 0.717) is 16.7 Å². The lowest BCUT2D eigenvalue weighted by atomic mass is 9.84. The van der Waals surface area contributed by atoms with Gasteiger partial charge in [0.05, 0.1) is 16.7 Å². The molecule has 8 heteroatoms. The molecule has 0 unspecified atom stereocenters. The summed E-state index contributed by atoms with van der Waals surface area (Å²) in [7, 11) is 0.